The molecule has 0 aromatic heterocycles. The maximum absolute atomic E-state index is 4.69. The van der Waals surface area contributed by atoms with E-state index in [0.29, 0.717) is 0 Å². The molecule has 0 heterocycles. The smallest absolute Gasteiger partial charge is 0.257 e. The molecule has 2 heteroatoms. The third-order valence-corrected chi connectivity index (χ3v) is 0.408. The van der Waals surface area contributed by atoms with Gasteiger partial charge in [-0.05, 0) is 6.42 Å². The summed E-state index contributed by atoms with van der Waals surface area (Å²) >= 11 is 0. The summed E-state index contributed by atoms with van der Waals surface area (Å²) in [5.41, 5.74) is 0. The summed E-state index contributed by atoms with van der Waals surface area (Å²) in [5, 5.41) is 0. The summed E-state index contributed by atoms with van der Waals surface area (Å²) in [6, 6.07) is 0. The first-order chi connectivity index (χ1) is 2.41. The molecule has 0 unspecified atom stereocenters. The van der Waals surface area contributed by atoms with E-state index in [9.17, 15) is 0 Å². The first-order valence-electron chi connectivity index (χ1n) is 1.90. The molecule has 0 amide bonds. The molecule has 0 fully saturated rings. The van der Waals surface area contributed by atoms with E-state index in [4.69, 9.17) is 4.65 Å². The number of hydrogen-bond donors (Lipinski definition) is 0. The Balaban J connectivity index is 2.19. The van der Waals surface area contributed by atoms with Crippen LogP contribution in [0.25, 0.3) is 0 Å². The van der Waals surface area contributed by atoms with Gasteiger partial charge in [0.25, 0.3) is 8.05 Å². The van der Waals surface area contributed by atoms with E-state index in [1.54, 1.807) is 8.05 Å². The highest BCUT2D eigenvalue weighted by atomic mass is 16.4. The van der Waals surface area contributed by atoms with Crippen molar-refractivity contribution >= 4 is 8.05 Å². The summed E-state index contributed by atoms with van der Waals surface area (Å²) in [4.78, 5) is 0. The molecule has 0 saturated carbocycles. The highest BCUT2D eigenvalue weighted by Crippen LogP contribution is 1.69. The van der Waals surface area contributed by atoms with E-state index in [2.05, 4.69) is 6.92 Å². The average Bonchev–Trinajstić information content (AvgIpc) is 1.41. The molecule has 1 nitrogen and oxygen atoms in total. The molecule has 0 bridgehead atoms. The van der Waals surface area contributed by atoms with Gasteiger partial charge in [-0.1, -0.05) is 6.92 Å². The van der Waals surface area contributed by atoms with Crippen LogP contribution in [0, 0.1) is 0 Å². The molecule has 0 aliphatic carbocycles. The van der Waals surface area contributed by atoms with Crippen molar-refractivity contribution in [2.45, 2.75) is 13.3 Å². The van der Waals surface area contributed by atoms with E-state index >= 15 is 0 Å². The molecular formula is C3H9BO. The molecule has 0 saturated heterocycles. The molecule has 30 valence electrons. The van der Waals surface area contributed by atoms with Crippen LogP contribution in [-0.2, 0) is 4.65 Å². The quantitative estimate of drug-likeness (QED) is 0.416. The summed E-state index contributed by atoms with van der Waals surface area (Å²) in [6.07, 6.45) is 1.12. The fourth-order valence-electron chi connectivity index (χ4n) is 0.204. The molecule has 0 aliphatic heterocycles. The molecule has 0 atom stereocenters. The minimum atomic E-state index is 0.889. The SMILES string of the molecule is BOCCC. The molecular weight excluding hydrogens is 62.8 g/mol. The predicted molar refractivity (Wildman–Crippen MR) is 24.8 cm³/mol. The van der Waals surface area contributed by atoms with Gasteiger partial charge in [-0.2, -0.15) is 0 Å². The van der Waals surface area contributed by atoms with Crippen LogP contribution in [0.5, 0.6) is 0 Å². The van der Waals surface area contributed by atoms with Crippen LogP contribution >= 0.6 is 0 Å². The average molecular weight is 71.9 g/mol. The van der Waals surface area contributed by atoms with Crippen molar-refractivity contribution < 1.29 is 4.65 Å². The van der Waals surface area contributed by atoms with E-state index < -0.39 is 0 Å². The van der Waals surface area contributed by atoms with Gasteiger partial charge in [-0.15, -0.1) is 0 Å². The second-order valence-electron chi connectivity index (χ2n) is 0.993. The Hall–Kier alpha value is 0.0249. The maximum Gasteiger partial charge on any atom is 0.257 e. The predicted octanol–water partition coefficient (Wildman–Crippen LogP) is -0.0389. The lowest BCUT2D eigenvalue weighted by Gasteiger charge is -1.85. The third-order valence-electron chi connectivity index (χ3n) is 0.408. The summed E-state index contributed by atoms with van der Waals surface area (Å²) in [6.45, 7) is 2.98. The van der Waals surface area contributed by atoms with Crippen molar-refractivity contribution in [3.63, 3.8) is 0 Å². The van der Waals surface area contributed by atoms with Gasteiger partial charge >= 0.3 is 0 Å². The first kappa shape index (κ1) is 5.02. The Morgan fingerprint density at radius 1 is 1.80 bits per heavy atom. The van der Waals surface area contributed by atoms with Crippen molar-refractivity contribution in [1.29, 1.82) is 0 Å². The van der Waals surface area contributed by atoms with Gasteiger partial charge in [0, 0.05) is 6.61 Å². The monoisotopic (exact) mass is 72.1 g/mol. The number of rotatable bonds is 2. The fourth-order valence-corrected chi connectivity index (χ4v) is 0.204. The van der Waals surface area contributed by atoms with Gasteiger partial charge in [-0.3, -0.25) is 0 Å². The van der Waals surface area contributed by atoms with E-state index in [0.717, 1.165) is 13.0 Å². The minimum Gasteiger partial charge on any atom is -0.444 e. The molecule has 0 aromatic carbocycles. The zero-order valence-electron chi connectivity index (χ0n) is 3.82. The molecule has 5 heavy (non-hydrogen) atoms. The summed E-state index contributed by atoms with van der Waals surface area (Å²) in [7, 11) is 1.71. The van der Waals surface area contributed by atoms with Crippen LogP contribution in [-0.4, -0.2) is 14.7 Å². The molecule has 0 aromatic rings. The second kappa shape index (κ2) is 4.02. The minimum absolute atomic E-state index is 0.889. The highest BCUT2D eigenvalue weighted by Gasteiger charge is 1.66. The van der Waals surface area contributed by atoms with Crippen LogP contribution in [0.15, 0.2) is 0 Å². The molecule has 0 rings (SSSR count). The van der Waals surface area contributed by atoms with Crippen molar-refractivity contribution in [2.24, 2.45) is 0 Å². The fraction of sp³-hybridized carbons (Fsp3) is 1.00. The molecule has 0 spiro atoms. The van der Waals surface area contributed by atoms with Crippen LogP contribution < -0.4 is 0 Å². The standard InChI is InChI=1S/C3H9BO/c1-2-3-5-4/h2-4H2,1H3. The van der Waals surface area contributed by atoms with Crippen molar-refractivity contribution in [3.8, 4) is 0 Å². The summed E-state index contributed by atoms with van der Waals surface area (Å²) < 4.78 is 4.69. The van der Waals surface area contributed by atoms with Gasteiger partial charge in [0.05, 0.1) is 0 Å². The van der Waals surface area contributed by atoms with Gasteiger partial charge in [-0.25, -0.2) is 0 Å². The van der Waals surface area contributed by atoms with Gasteiger partial charge in [0.15, 0.2) is 0 Å². The Labute approximate surface area is 33.8 Å². The van der Waals surface area contributed by atoms with Crippen LogP contribution in [0.2, 0.25) is 0 Å². The Kier molecular flexibility index (Phi) is 4.05. The maximum atomic E-state index is 4.69. The van der Waals surface area contributed by atoms with Crippen molar-refractivity contribution in [1.82, 2.24) is 0 Å². The van der Waals surface area contributed by atoms with E-state index in [1.807, 2.05) is 0 Å². The zero-order valence-corrected chi connectivity index (χ0v) is 3.82. The molecule has 0 radical (unpaired) electrons. The third kappa shape index (κ3) is 4.02. The number of hydrogen-bond acceptors (Lipinski definition) is 1. The lowest BCUT2D eigenvalue weighted by atomic mass is 10.5. The topological polar surface area (TPSA) is 9.23 Å². The van der Waals surface area contributed by atoms with Crippen LogP contribution in [0.4, 0.5) is 0 Å². The van der Waals surface area contributed by atoms with Crippen LogP contribution in [0.1, 0.15) is 13.3 Å². The lowest BCUT2D eigenvalue weighted by molar-refractivity contribution is 0.349. The van der Waals surface area contributed by atoms with Gasteiger partial charge in [0.1, 0.15) is 0 Å². The molecule has 0 N–H and O–H groups in total. The van der Waals surface area contributed by atoms with Crippen LogP contribution in [0.3, 0.4) is 0 Å². The Morgan fingerprint density at radius 3 is 2.40 bits per heavy atom. The summed E-state index contributed by atoms with van der Waals surface area (Å²) in [5.74, 6) is 0. The van der Waals surface area contributed by atoms with Gasteiger partial charge < -0.3 is 4.65 Å². The largest absolute Gasteiger partial charge is 0.444 e. The first-order valence-corrected chi connectivity index (χ1v) is 1.90. The van der Waals surface area contributed by atoms with E-state index in [1.165, 1.54) is 0 Å². The highest BCUT2D eigenvalue weighted by molar-refractivity contribution is 5.97. The van der Waals surface area contributed by atoms with E-state index in [-0.39, 0.29) is 0 Å². The molecule has 0 aliphatic rings. The van der Waals surface area contributed by atoms with Gasteiger partial charge in [0.2, 0.25) is 0 Å². The lowest BCUT2D eigenvalue weighted by Crippen LogP contribution is -1.83. The Bertz CT molecular complexity index is 14.4. The Morgan fingerprint density at radius 2 is 2.40 bits per heavy atom. The second-order valence-corrected chi connectivity index (χ2v) is 0.993. The van der Waals surface area contributed by atoms with Crippen molar-refractivity contribution in [2.75, 3.05) is 6.61 Å². The van der Waals surface area contributed by atoms with Crippen molar-refractivity contribution in [3.05, 3.63) is 0 Å². The zero-order chi connectivity index (χ0) is 4.12. The normalized spacial score (nSPS) is 8.20.